The molecule has 2 nitrogen and oxygen atoms in total. The van der Waals surface area contributed by atoms with E-state index in [0.717, 1.165) is 17.9 Å². The van der Waals surface area contributed by atoms with Gasteiger partial charge in [-0.1, -0.05) is 0 Å². The molecule has 20 heavy (non-hydrogen) atoms. The topological polar surface area (TPSA) is 15.3 Å². The summed E-state index contributed by atoms with van der Waals surface area (Å²) in [5, 5.41) is 3.12. The van der Waals surface area contributed by atoms with Crippen molar-refractivity contribution in [1.82, 2.24) is 5.32 Å². The highest BCUT2D eigenvalue weighted by Crippen LogP contribution is 2.31. The Morgan fingerprint density at radius 1 is 0.850 bits per heavy atom. The van der Waals surface area contributed by atoms with Crippen LogP contribution in [0.4, 0.5) is 27.6 Å². The molecule has 1 atom stereocenters. The molecule has 1 aliphatic heterocycles. The summed E-state index contributed by atoms with van der Waals surface area (Å²) in [6, 6.07) is -0.265. The van der Waals surface area contributed by atoms with Crippen LogP contribution < -0.4 is 10.2 Å². The fourth-order valence-electron chi connectivity index (χ4n) is 2.47. The maximum atomic E-state index is 13.7. The van der Waals surface area contributed by atoms with E-state index < -0.39 is 34.8 Å². The minimum absolute atomic E-state index is 0.265. The van der Waals surface area contributed by atoms with Crippen molar-refractivity contribution in [3.63, 3.8) is 0 Å². The molecule has 1 unspecified atom stereocenters. The molecule has 7 heteroatoms. The van der Waals surface area contributed by atoms with Gasteiger partial charge in [-0.05, 0) is 32.4 Å². The number of nitrogens with zero attached hydrogens (tertiary/aromatic N) is 1. The lowest BCUT2D eigenvalue weighted by molar-refractivity contribution is 0.376. The van der Waals surface area contributed by atoms with Crippen molar-refractivity contribution in [2.24, 2.45) is 0 Å². The van der Waals surface area contributed by atoms with Crippen LogP contribution in [0.2, 0.25) is 0 Å². The minimum Gasteiger partial charge on any atom is -0.367 e. The minimum atomic E-state index is -2.13. The van der Waals surface area contributed by atoms with Gasteiger partial charge in [0, 0.05) is 13.1 Å². The van der Waals surface area contributed by atoms with Crippen molar-refractivity contribution in [1.29, 1.82) is 0 Å². The average Bonchev–Trinajstić information content (AvgIpc) is 2.72. The van der Waals surface area contributed by atoms with Crippen LogP contribution >= 0.6 is 0 Å². The van der Waals surface area contributed by atoms with E-state index >= 15 is 0 Å². The third-order valence-corrected chi connectivity index (χ3v) is 3.63. The van der Waals surface area contributed by atoms with Crippen LogP contribution in [0.1, 0.15) is 19.3 Å². The van der Waals surface area contributed by atoms with Gasteiger partial charge in [-0.2, -0.15) is 0 Å². The molecule has 2 rings (SSSR count). The van der Waals surface area contributed by atoms with E-state index in [1.165, 1.54) is 7.05 Å². The summed E-state index contributed by atoms with van der Waals surface area (Å²) in [5.74, 6) is -9.49. The summed E-state index contributed by atoms with van der Waals surface area (Å²) in [4.78, 5) is 1.16. The van der Waals surface area contributed by atoms with Gasteiger partial charge in [0.1, 0.15) is 5.69 Å². The zero-order chi connectivity index (χ0) is 14.9. The molecule has 0 amide bonds. The molecule has 0 aliphatic carbocycles. The highest BCUT2D eigenvalue weighted by atomic mass is 19.2. The van der Waals surface area contributed by atoms with Gasteiger partial charge < -0.3 is 10.2 Å². The van der Waals surface area contributed by atoms with Gasteiger partial charge in [-0.15, -0.1) is 0 Å². The number of benzene rings is 1. The molecule has 0 aromatic heterocycles. The summed E-state index contributed by atoms with van der Waals surface area (Å²) < 4.78 is 66.9. The van der Waals surface area contributed by atoms with Gasteiger partial charge in [0.25, 0.3) is 0 Å². The maximum Gasteiger partial charge on any atom is 0.200 e. The third kappa shape index (κ3) is 2.59. The van der Waals surface area contributed by atoms with Crippen molar-refractivity contribution in [2.75, 3.05) is 25.0 Å². The number of halogens is 5. The predicted octanol–water partition coefficient (Wildman–Crippen LogP) is 2.96. The smallest absolute Gasteiger partial charge is 0.200 e. The highest BCUT2D eigenvalue weighted by molar-refractivity contribution is 5.50. The molecular weight excluding hydrogens is 279 g/mol. The Bertz CT molecular complexity index is 469. The number of nitrogens with one attached hydrogen (secondary N) is 1. The van der Waals surface area contributed by atoms with E-state index in [9.17, 15) is 22.0 Å². The first-order valence-corrected chi connectivity index (χ1v) is 6.40. The second-order valence-electron chi connectivity index (χ2n) is 4.86. The van der Waals surface area contributed by atoms with E-state index in [4.69, 9.17) is 0 Å². The van der Waals surface area contributed by atoms with Gasteiger partial charge in [0.05, 0.1) is 0 Å². The van der Waals surface area contributed by atoms with Crippen LogP contribution in [0.25, 0.3) is 0 Å². The predicted molar refractivity (Wildman–Crippen MR) is 65.1 cm³/mol. The fourth-order valence-corrected chi connectivity index (χ4v) is 2.47. The Hall–Kier alpha value is -1.37. The molecule has 1 heterocycles. The third-order valence-electron chi connectivity index (χ3n) is 3.63. The first-order chi connectivity index (χ1) is 9.45. The van der Waals surface area contributed by atoms with Crippen molar-refractivity contribution in [3.05, 3.63) is 29.1 Å². The molecule has 1 aromatic carbocycles. The molecular formula is C13H15F5N2. The van der Waals surface area contributed by atoms with Crippen LogP contribution in [0.5, 0.6) is 0 Å². The van der Waals surface area contributed by atoms with Crippen molar-refractivity contribution in [3.8, 4) is 0 Å². The van der Waals surface area contributed by atoms with Crippen LogP contribution in [-0.4, -0.2) is 26.2 Å². The van der Waals surface area contributed by atoms with Crippen molar-refractivity contribution < 1.29 is 22.0 Å². The Morgan fingerprint density at radius 3 is 2.00 bits per heavy atom. The molecule has 0 saturated carbocycles. The second kappa shape index (κ2) is 5.95. The normalized spacial score (nSPS) is 19.8. The highest BCUT2D eigenvalue weighted by Gasteiger charge is 2.30. The SMILES string of the molecule is CN(c1c(F)c(F)c(F)c(F)c1F)C1CCCNCC1. The van der Waals surface area contributed by atoms with Crippen molar-refractivity contribution in [2.45, 2.75) is 25.3 Å². The number of hydrogen-bond donors (Lipinski definition) is 1. The van der Waals surface area contributed by atoms with Crippen LogP contribution in [0.15, 0.2) is 0 Å². The van der Waals surface area contributed by atoms with E-state index in [-0.39, 0.29) is 6.04 Å². The lowest BCUT2D eigenvalue weighted by Crippen LogP contribution is -2.34. The lowest BCUT2D eigenvalue weighted by atomic mass is 10.1. The van der Waals surface area contributed by atoms with Crippen LogP contribution in [0, 0.1) is 29.1 Å². The molecule has 0 radical (unpaired) electrons. The van der Waals surface area contributed by atoms with Crippen LogP contribution in [-0.2, 0) is 0 Å². The number of anilines is 1. The average molecular weight is 294 g/mol. The lowest BCUT2D eigenvalue weighted by Gasteiger charge is -2.29. The monoisotopic (exact) mass is 294 g/mol. The summed E-state index contributed by atoms with van der Waals surface area (Å²) >= 11 is 0. The zero-order valence-electron chi connectivity index (χ0n) is 10.9. The summed E-state index contributed by atoms with van der Waals surface area (Å²) in [7, 11) is 1.36. The molecule has 1 aliphatic rings. The molecule has 0 bridgehead atoms. The quantitative estimate of drug-likeness (QED) is 0.512. The van der Waals surface area contributed by atoms with Gasteiger partial charge in [0.15, 0.2) is 23.3 Å². The van der Waals surface area contributed by atoms with E-state index in [1.54, 1.807) is 0 Å². The summed E-state index contributed by atoms with van der Waals surface area (Å²) in [6.45, 7) is 1.42. The van der Waals surface area contributed by atoms with Crippen molar-refractivity contribution >= 4 is 5.69 Å². The summed E-state index contributed by atoms with van der Waals surface area (Å²) in [6.07, 6.45) is 1.99. The Labute approximate surface area is 113 Å². The number of hydrogen-bond acceptors (Lipinski definition) is 2. The van der Waals surface area contributed by atoms with Gasteiger partial charge >= 0.3 is 0 Å². The maximum absolute atomic E-state index is 13.7. The number of rotatable bonds is 2. The first-order valence-electron chi connectivity index (χ1n) is 6.40. The molecule has 1 saturated heterocycles. The molecule has 1 aromatic rings. The fraction of sp³-hybridized carbons (Fsp3) is 0.538. The zero-order valence-corrected chi connectivity index (χ0v) is 10.9. The van der Waals surface area contributed by atoms with Gasteiger partial charge in [-0.25, -0.2) is 22.0 Å². The molecule has 1 N–H and O–H groups in total. The van der Waals surface area contributed by atoms with Gasteiger partial charge in [0.2, 0.25) is 5.82 Å². The van der Waals surface area contributed by atoms with Crippen LogP contribution in [0.3, 0.4) is 0 Å². The second-order valence-corrected chi connectivity index (χ2v) is 4.86. The van der Waals surface area contributed by atoms with E-state index in [1.807, 2.05) is 0 Å². The Morgan fingerprint density at radius 2 is 1.40 bits per heavy atom. The standard InChI is InChI=1S/C13H15F5N2/c1-20(7-3-2-5-19-6-4-7)13-11(17)9(15)8(14)10(16)12(13)18/h7,19H,2-6H2,1H3. The van der Waals surface area contributed by atoms with E-state index in [2.05, 4.69) is 5.32 Å². The Kier molecular flexibility index (Phi) is 4.47. The van der Waals surface area contributed by atoms with E-state index in [0.29, 0.717) is 19.4 Å². The molecule has 112 valence electrons. The first kappa shape index (κ1) is 15.0. The molecule has 0 spiro atoms. The Balaban J connectivity index is 2.41. The van der Waals surface area contributed by atoms with Gasteiger partial charge in [-0.3, -0.25) is 0 Å². The summed E-state index contributed by atoms with van der Waals surface area (Å²) in [5.41, 5.74) is -0.853. The largest absolute Gasteiger partial charge is 0.367 e. The molecule has 1 fully saturated rings.